The van der Waals surface area contributed by atoms with Crippen LogP contribution in [0.2, 0.25) is 0 Å². The zero-order valence-electron chi connectivity index (χ0n) is 12.4. The number of amides is 1. The molecule has 0 saturated carbocycles. The van der Waals surface area contributed by atoms with Crippen molar-refractivity contribution in [2.45, 2.75) is 38.5 Å². The van der Waals surface area contributed by atoms with Crippen LogP contribution in [0.5, 0.6) is 0 Å². The highest BCUT2D eigenvalue weighted by molar-refractivity contribution is 5.83. The average molecular weight is 274 g/mol. The van der Waals surface area contributed by atoms with E-state index in [1.54, 1.807) is 0 Å². The van der Waals surface area contributed by atoms with E-state index >= 15 is 0 Å². The average Bonchev–Trinajstić information content (AvgIpc) is 2.50. The van der Waals surface area contributed by atoms with E-state index in [0.29, 0.717) is 0 Å². The smallest absolute Gasteiger partial charge is 0.227 e. The van der Waals surface area contributed by atoms with Gasteiger partial charge in [0.2, 0.25) is 5.91 Å². The van der Waals surface area contributed by atoms with Crippen LogP contribution >= 0.6 is 0 Å². The van der Waals surface area contributed by atoms with E-state index in [0.717, 1.165) is 44.0 Å². The third-order valence-electron chi connectivity index (χ3n) is 4.24. The quantitative estimate of drug-likeness (QED) is 0.837. The number of carbonyl (C=O) groups is 1. The molecule has 1 aromatic carbocycles. The topological polar surface area (TPSA) is 41.1 Å². The van der Waals surface area contributed by atoms with Crippen LogP contribution in [-0.2, 0) is 4.79 Å². The first kappa shape index (κ1) is 15.0. The van der Waals surface area contributed by atoms with Crippen molar-refractivity contribution >= 4 is 5.91 Å². The van der Waals surface area contributed by atoms with Gasteiger partial charge in [-0.3, -0.25) is 4.79 Å². The molecule has 20 heavy (non-hydrogen) atoms. The lowest BCUT2D eigenvalue weighted by Crippen LogP contribution is -2.33. The first-order valence-corrected chi connectivity index (χ1v) is 7.84. The highest BCUT2D eigenvalue weighted by atomic mass is 16.1. The Labute approximate surface area is 122 Å². The van der Waals surface area contributed by atoms with Gasteiger partial charge in [0.1, 0.15) is 0 Å². The lowest BCUT2D eigenvalue weighted by atomic mass is 9.93. The Morgan fingerprint density at radius 1 is 1.30 bits per heavy atom. The fraction of sp³-hybridized carbons (Fsp3) is 0.588. The maximum atomic E-state index is 12.3. The highest BCUT2D eigenvalue weighted by Crippen LogP contribution is 2.20. The van der Waals surface area contributed by atoms with E-state index in [1.165, 1.54) is 12.8 Å². The summed E-state index contributed by atoms with van der Waals surface area (Å²) in [4.78, 5) is 12.3. The molecule has 0 bridgehead atoms. The molecule has 110 valence electrons. The molecule has 1 aliphatic heterocycles. The third-order valence-corrected chi connectivity index (χ3v) is 4.24. The van der Waals surface area contributed by atoms with Gasteiger partial charge in [-0.1, -0.05) is 37.3 Å². The molecule has 1 amide bonds. The van der Waals surface area contributed by atoms with Gasteiger partial charge < -0.3 is 10.6 Å². The summed E-state index contributed by atoms with van der Waals surface area (Å²) in [6.07, 6.45) is 4.44. The van der Waals surface area contributed by atoms with Crippen molar-refractivity contribution in [3.8, 4) is 0 Å². The van der Waals surface area contributed by atoms with Crippen molar-refractivity contribution in [3.05, 3.63) is 35.9 Å². The molecule has 1 unspecified atom stereocenters. The molecule has 1 saturated heterocycles. The third kappa shape index (κ3) is 4.34. The molecule has 0 radical (unpaired) electrons. The van der Waals surface area contributed by atoms with Crippen LogP contribution in [0.4, 0.5) is 0 Å². The number of hydrogen-bond acceptors (Lipinski definition) is 2. The lowest BCUT2D eigenvalue weighted by molar-refractivity contribution is -0.122. The molecule has 2 N–H and O–H groups in total. The van der Waals surface area contributed by atoms with E-state index in [4.69, 9.17) is 0 Å². The van der Waals surface area contributed by atoms with Gasteiger partial charge in [0.25, 0.3) is 0 Å². The molecule has 0 aliphatic carbocycles. The number of nitrogens with one attached hydrogen (secondary N) is 2. The summed E-state index contributed by atoms with van der Waals surface area (Å²) >= 11 is 0. The number of benzene rings is 1. The predicted molar refractivity (Wildman–Crippen MR) is 82.7 cm³/mol. The molecule has 1 atom stereocenters. The number of piperidine rings is 1. The Morgan fingerprint density at radius 3 is 2.65 bits per heavy atom. The zero-order valence-corrected chi connectivity index (χ0v) is 12.4. The van der Waals surface area contributed by atoms with Gasteiger partial charge in [-0.2, -0.15) is 0 Å². The Hall–Kier alpha value is -1.35. The lowest BCUT2D eigenvalue weighted by Gasteiger charge is -2.23. The van der Waals surface area contributed by atoms with E-state index in [2.05, 4.69) is 17.6 Å². The van der Waals surface area contributed by atoms with Crippen LogP contribution in [0.15, 0.2) is 30.3 Å². The van der Waals surface area contributed by atoms with Crippen molar-refractivity contribution in [3.63, 3.8) is 0 Å². The summed E-state index contributed by atoms with van der Waals surface area (Å²) in [5.41, 5.74) is 1.12. The fourth-order valence-electron chi connectivity index (χ4n) is 2.95. The molecule has 3 nitrogen and oxygen atoms in total. The van der Waals surface area contributed by atoms with Crippen LogP contribution in [0.1, 0.15) is 44.1 Å². The zero-order chi connectivity index (χ0) is 14.2. The molecular weight excluding hydrogens is 248 g/mol. The summed E-state index contributed by atoms with van der Waals surface area (Å²) in [5, 5.41) is 6.50. The molecule has 1 heterocycles. The minimum atomic E-state index is -0.00998. The summed E-state index contributed by atoms with van der Waals surface area (Å²) < 4.78 is 0. The van der Waals surface area contributed by atoms with Crippen LogP contribution < -0.4 is 10.6 Å². The Morgan fingerprint density at radius 2 is 2.00 bits per heavy atom. The van der Waals surface area contributed by atoms with Gasteiger partial charge in [-0.05, 0) is 50.3 Å². The van der Waals surface area contributed by atoms with Crippen molar-refractivity contribution in [1.82, 2.24) is 10.6 Å². The second-order valence-corrected chi connectivity index (χ2v) is 5.64. The molecule has 1 aromatic rings. The Kier molecular flexibility index (Phi) is 6.06. The second kappa shape index (κ2) is 8.05. The number of carbonyl (C=O) groups excluding carboxylic acids is 1. The SMILES string of the molecule is CCC(C(=O)NCCC1CCNCC1)c1ccccc1. The van der Waals surface area contributed by atoms with E-state index in [1.807, 2.05) is 30.3 Å². The van der Waals surface area contributed by atoms with Crippen molar-refractivity contribution in [2.75, 3.05) is 19.6 Å². The van der Waals surface area contributed by atoms with Crippen LogP contribution in [0.25, 0.3) is 0 Å². The number of rotatable bonds is 6. The fourth-order valence-corrected chi connectivity index (χ4v) is 2.95. The predicted octanol–water partition coefficient (Wildman–Crippen LogP) is 2.69. The summed E-state index contributed by atoms with van der Waals surface area (Å²) in [7, 11) is 0. The van der Waals surface area contributed by atoms with Crippen molar-refractivity contribution < 1.29 is 4.79 Å². The number of hydrogen-bond donors (Lipinski definition) is 2. The van der Waals surface area contributed by atoms with E-state index < -0.39 is 0 Å². The molecule has 1 fully saturated rings. The Bertz CT molecular complexity index is 399. The molecule has 0 spiro atoms. The molecule has 3 heteroatoms. The molecule has 2 rings (SSSR count). The standard InChI is InChI=1S/C17H26N2O/c1-2-16(15-6-4-3-5-7-15)17(20)19-13-10-14-8-11-18-12-9-14/h3-7,14,16,18H,2,8-13H2,1H3,(H,19,20). The van der Waals surface area contributed by atoms with Gasteiger partial charge in [0, 0.05) is 6.54 Å². The van der Waals surface area contributed by atoms with Gasteiger partial charge in [0.15, 0.2) is 0 Å². The van der Waals surface area contributed by atoms with Gasteiger partial charge in [-0.15, -0.1) is 0 Å². The molecular formula is C17H26N2O. The summed E-state index contributed by atoms with van der Waals surface area (Å²) in [5.74, 6) is 0.935. The summed E-state index contributed by atoms with van der Waals surface area (Å²) in [6, 6.07) is 10.1. The van der Waals surface area contributed by atoms with Crippen LogP contribution in [-0.4, -0.2) is 25.5 Å². The van der Waals surface area contributed by atoms with E-state index in [9.17, 15) is 4.79 Å². The molecule has 0 aromatic heterocycles. The van der Waals surface area contributed by atoms with Crippen LogP contribution in [0.3, 0.4) is 0 Å². The van der Waals surface area contributed by atoms with Gasteiger partial charge in [0.05, 0.1) is 5.92 Å². The minimum absolute atomic E-state index is 0.00998. The van der Waals surface area contributed by atoms with E-state index in [-0.39, 0.29) is 11.8 Å². The van der Waals surface area contributed by atoms with Crippen LogP contribution in [0, 0.1) is 5.92 Å². The minimum Gasteiger partial charge on any atom is -0.356 e. The van der Waals surface area contributed by atoms with Crippen molar-refractivity contribution in [2.24, 2.45) is 5.92 Å². The normalized spacial score (nSPS) is 17.6. The largest absolute Gasteiger partial charge is 0.356 e. The first-order chi connectivity index (χ1) is 9.81. The molecule has 1 aliphatic rings. The second-order valence-electron chi connectivity index (χ2n) is 5.64. The monoisotopic (exact) mass is 274 g/mol. The summed E-state index contributed by atoms with van der Waals surface area (Å²) in [6.45, 7) is 5.14. The Balaban J connectivity index is 1.78. The van der Waals surface area contributed by atoms with Gasteiger partial charge in [-0.25, -0.2) is 0 Å². The highest BCUT2D eigenvalue weighted by Gasteiger charge is 2.18. The maximum Gasteiger partial charge on any atom is 0.227 e. The first-order valence-electron chi connectivity index (χ1n) is 7.84. The maximum absolute atomic E-state index is 12.3. The van der Waals surface area contributed by atoms with Crippen molar-refractivity contribution in [1.29, 1.82) is 0 Å². The van der Waals surface area contributed by atoms with Gasteiger partial charge >= 0.3 is 0 Å².